The highest BCUT2D eigenvalue weighted by Gasteiger charge is 2.40. The third-order valence-corrected chi connectivity index (χ3v) is 6.12. The highest BCUT2D eigenvalue weighted by molar-refractivity contribution is 7.92. The van der Waals surface area contributed by atoms with Crippen molar-refractivity contribution in [3.63, 3.8) is 0 Å². The first-order chi connectivity index (χ1) is 15.8. The summed E-state index contributed by atoms with van der Waals surface area (Å²) in [6, 6.07) is 6.62. The Morgan fingerprint density at radius 3 is 2.35 bits per heavy atom. The van der Waals surface area contributed by atoms with E-state index in [-0.39, 0.29) is 6.61 Å². The van der Waals surface area contributed by atoms with Crippen molar-refractivity contribution in [1.82, 2.24) is 0 Å². The molecule has 0 bridgehead atoms. The van der Waals surface area contributed by atoms with E-state index in [0.717, 1.165) is 28.5 Å². The van der Waals surface area contributed by atoms with Gasteiger partial charge >= 0.3 is 5.97 Å². The van der Waals surface area contributed by atoms with Crippen molar-refractivity contribution in [1.29, 1.82) is 0 Å². The molecule has 2 aromatic rings. The molecular formula is C24H30N2O7S. The lowest BCUT2D eigenvalue weighted by atomic mass is 9.86. The minimum Gasteiger partial charge on any atom is -0.489 e. The molecule has 0 amide bonds. The molecule has 9 nitrogen and oxygen atoms in total. The van der Waals surface area contributed by atoms with Gasteiger partial charge in [-0.15, -0.1) is 0 Å². The monoisotopic (exact) mass is 490 g/mol. The summed E-state index contributed by atoms with van der Waals surface area (Å²) in [5.41, 5.74) is 3.49. The summed E-state index contributed by atoms with van der Waals surface area (Å²) in [4.78, 5) is 16.8. The second kappa shape index (κ2) is 9.54. The van der Waals surface area contributed by atoms with E-state index in [1.165, 1.54) is 14.0 Å². The van der Waals surface area contributed by atoms with Crippen LogP contribution in [0.15, 0.2) is 29.4 Å². The summed E-state index contributed by atoms with van der Waals surface area (Å²) in [5.74, 6) is 1.31. The van der Waals surface area contributed by atoms with Gasteiger partial charge in [0, 0.05) is 30.2 Å². The van der Waals surface area contributed by atoms with E-state index in [2.05, 4.69) is 9.88 Å². The molecule has 184 valence electrons. The SMILES string of the molecule is CON=C1CC(C)(COc2ccc(NS(C)(=O)=O)cc2)Oc2c(C)c(C)c(OC(C)=O)c(C)c21. The Balaban J connectivity index is 1.90. The summed E-state index contributed by atoms with van der Waals surface area (Å²) in [7, 11) is -1.88. The predicted octanol–water partition coefficient (Wildman–Crippen LogP) is 3.88. The van der Waals surface area contributed by atoms with Crippen molar-refractivity contribution >= 4 is 27.4 Å². The van der Waals surface area contributed by atoms with Crippen LogP contribution in [-0.2, 0) is 19.7 Å². The van der Waals surface area contributed by atoms with E-state index < -0.39 is 21.6 Å². The molecule has 0 saturated heterocycles. The van der Waals surface area contributed by atoms with Gasteiger partial charge in [-0.3, -0.25) is 9.52 Å². The van der Waals surface area contributed by atoms with E-state index in [9.17, 15) is 13.2 Å². The van der Waals surface area contributed by atoms with Crippen LogP contribution in [0.1, 0.15) is 42.5 Å². The Hall–Kier alpha value is -3.27. The van der Waals surface area contributed by atoms with Crippen LogP contribution in [-0.4, -0.2) is 45.7 Å². The quantitative estimate of drug-likeness (QED) is 0.356. The van der Waals surface area contributed by atoms with Crippen LogP contribution in [0, 0.1) is 20.8 Å². The van der Waals surface area contributed by atoms with E-state index in [1.54, 1.807) is 24.3 Å². The first-order valence-electron chi connectivity index (χ1n) is 10.7. The number of anilines is 1. The van der Waals surface area contributed by atoms with E-state index in [1.807, 2.05) is 27.7 Å². The second-order valence-corrected chi connectivity index (χ2v) is 10.4. The Labute approximate surface area is 200 Å². The number of esters is 1. The molecule has 0 spiro atoms. The first-order valence-corrected chi connectivity index (χ1v) is 12.5. The van der Waals surface area contributed by atoms with Crippen LogP contribution in [0.25, 0.3) is 0 Å². The molecule has 1 aliphatic rings. The normalized spacial score (nSPS) is 18.6. The van der Waals surface area contributed by atoms with E-state index in [4.69, 9.17) is 19.0 Å². The molecule has 1 atom stereocenters. The van der Waals surface area contributed by atoms with Gasteiger partial charge in [-0.25, -0.2) is 8.42 Å². The molecule has 1 unspecified atom stereocenters. The topological polar surface area (TPSA) is 113 Å². The number of fused-ring (bicyclic) bond motifs is 1. The number of hydrogen-bond acceptors (Lipinski definition) is 8. The van der Waals surface area contributed by atoms with Gasteiger partial charge in [-0.2, -0.15) is 0 Å². The van der Waals surface area contributed by atoms with Crippen LogP contribution < -0.4 is 18.9 Å². The molecular weight excluding hydrogens is 460 g/mol. The van der Waals surface area contributed by atoms with Crippen molar-refractivity contribution in [3.05, 3.63) is 46.5 Å². The molecule has 0 radical (unpaired) electrons. The number of carbonyl (C=O) groups excluding carboxylic acids is 1. The molecule has 1 aliphatic heterocycles. The Morgan fingerprint density at radius 1 is 1.15 bits per heavy atom. The van der Waals surface area contributed by atoms with Gasteiger partial charge in [0.1, 0.15) is 36.6 Å². The minimum atomic E-state index is -3.35. The van der Waals surface area contributed by atoms with Crippen LogP contribution in [0.5, 0.6) is 17.2 Å². The van der Waals surface area contributed by atoms with E-state index in [0.29, 0.717) is 35.1 Å². The zero-order valence-corrected chi connectivity index (χ0v) is 21.3. The lowest BCUT2D eigenvalue weighted by molar-refractivity contribution is -0.132. The maximum absolute atomic E-state index is 11.7. The third-order valence-electron chi connectivity index (χ3n) is 5.51. The van der Waals surface area contributed by atoms with Crippen LogP contribution >= 0.6 is 0 Å². The number of hydrogen-bond donors (Lipinski definition) is 1. The van der Waals surface area contributed by atoms with Gasteiger partial charge in [-0.05, 0) is 63.1 Å². The van der Waals surface area contributed by atoms with Gasteiger partial charge < -0.3 is 19.0 Å². The number of carbonyl (C=O) groups is 1. The Morgan fingerprint density at radius 2 is 1.79 bits per heavy atom. The molecule has 34 heavy (non-hydrogen) atoms. The molecule has 0 aromatic heterocycles. The zero-order valence-electron chi connectivity index (χ0n) is 20.4. The van der Waals surface area contributed by atoms with Crippen LogP contribution in [0.4, 0.5) is 5.69 Å². The number of nitrogens with zero attached hydrogens (tertiary/aromatic N) is 1. The van der Waals surface area contributed by atoms with Gasteiger partial charge in [0.25, 0.3) is 0 Å². The average molecular weight is 491 g/mol. The predicted molar refractivity (Wildman–Crippen MR) is 130 cm³/mol. The molecule has 0 fully saturated rings. The lowest BCUT2D eigenvalue weighted by Gasteiger charge is -2.38. The van der Waals surface area contributed by atoms with Gasteiger partial charge in [-0.1, -0.05) is 5.16 Å². The summed E-state index contributed by atoms with van der Waals surface area (Å²) < 4.78 is 43.1. The molecule has 1 heterocycles. The largest absolute Gasteiger partial charge is 0.489 e. The summed E-state index contributed by atoms with van der Waals surface area (Å²) in [6.45, 7) is 9.15. The van der Waals surface area contributed by atoms with Gasteiger partial charge in [0.15, 0.2) is 0 Å². The molecule has 0 saturated carbocycles. The lowest BCUT2D eigenvalue weighted by Crippen LogP contribution is -2.45. The number of sulfonamides is 1. The highest BCUT2D eigenvalue weighted by Crippen LogP contribution is 2.44. The summed E-state index contributed by atoms with van der Waals surface area (Å²) >= 11 is 0. The molecule has 10 heteroatoms. The van der Waals surface area contributed by atoms with Gasteiger partial charge in [0.2, 0.25) is 10.0 Å². The van der Waals surface area contributed by atoms with E-state index >= 15 is 0 Å². The van der Waals surface area contributed by atoms with Crippen molar-refractivity contribution < 1.29 is 32.3 Å². The van der Waals surface area contributed by atoms with Crippen molar-refractivity contribution in [3.8, 4) is 17.2 Å². The van der Waals surface area contributed by atoms with Crippen LogP contribution in [0.3, 0.4) is 0 Å². The number of oxime groups is 1. The third kappa shape index (κ3) is 5.61. The highest BCUT2D eigenvalue weighted by atomic mass is 32.2. The number of rotatable bonds is 7. The minimum absolute atomic E-state index is 0.206. The fraction of sp³-hybridized carbons (Fsp3) is 0.417. The summed E-state index contributed by atoms with van der Waals surface area (Å²) in [6.07, 6.45) is 1.49. The van der Waals surface area contributed by atoms with Crippen molar-refractivity contribution in [2.45, 2.75) is 46.6 Å². The van der Waals surface area contributed by atoms with Crippen LogP contribution in [0.2, 0.25) is 0 Å². The molecule has 2 aromatic carbocycles. The maximum Gasteiger partial charge on any atom is 0.308 e. The molecule has 3 rings (SSSR count). The Bertz CT molecular complexity index is 1240. The Kier molecular flexibility index (Phi) is 7.11. The summed E-state index contributed by atoms with van der Waals surface area (Å²) in [5, 5.41) is 4.25. The standard InChI is InChI=1S/C24H30N2O7S/c1-14-15(2)23-21(16(3)22(14)32-17(4)27)20(25-30-6)12-24(5,33-23)13-31-19-10-8-18(9-11-19)26-34(7,28)29/h8-11,26H,12-13H2,1-7H3. The molecule has 0 aliphatic carbocycles. The van der Waals surface area contributed by atoms with Gasteiger partial charge in [0.05, 0.1) is 12.0 Å². The van der Waals surface area contributed by atoms with Crippen molar-refractivity contribution in [2.24, 2.45) is 5.16 Å². The number of nitrogens with one attached hydrogen (secondary N) is 1. The van der Waals surface area contributed by atoms with Crippen molar-refractivity contribution in [2.75, 3.05) is 24.7 Å². The smallest absolute Gasteiger partial charge is 0.308 e. The second-order valence-electron chi connectivity index (χ2n) is 8.64. The molecule has 1 N–H and O–H groups in total. The zero-order chi connectivity index (χ0) is 25.3. The maximum atomic E-state index is 11.7. The average Bonchev–Trinajstić information content (AvgIpc) is 2.73. The number of ether oxygens (including phenoxy) is 3. The fourth-order valence-corrected chi connectivity index (χ4v) is 4.49. The number of benzene rings is 2. The first kappa shape index (κ1) is 25.4. The fourth-order valence-electron chi connectivity index (χ4n) is 3.93.